The lowest BCUT2D eigenvalue weighted by molar-refractivity contribution is 0.0948. The molecule has 0 radical (unpaired) electrons. The number of halogens is 1. The number of amides is 1. The lowest BCUT2D eigenvalue weighted by Gasteiger charge is -2.21. The van der Waals surface area contributed by atoms with Gasteiger partial charge >= 0.3 is 0 Å². The van der Waals surface area contributed by atoms with E-state index in [1.807, 2.05) is 0 Å². The maximum atomic E-state index is 11.8. The van der Waals surface area contributed by atoms with Crippen LogP contribution in [0.5, 0.6) is 0 Å². The summed E-state index contributed by atoms with van der Waals surface area (Å²) in [5.74, 6) is 0.686. The second-order valence-electron chi connectivity index (χ2n) is 4.42. The molecule has 0 saturated heterocycles. The van der Waals surface area contributed by atoms with Gasteiger partial charge in [0.25, 0.3) is 5.91 Å². The third-order valence-corrected chi connectivity index (χ3v) is 4.50. The summed E-state index contributed by atoms with van der Waals surface area (Å²) < 4.78 is 3.86. The minimum Gasteiger partial charge on any atom is -0.382 e. The van der Waals surface area contributed by atoms with Crippen molar-refractivity contribution in [3.05, 3.63) is 9.90 Å². The minimum atomic E-state index is -0.158. The number of aromatic nitrogens is 1. The highest BCUT2D eigenvalue weighted by atomic mass is 35.5. The second kappa shape index (κ2) is 5.69. The summed E-state index contributed by atoms with van der Waals surface area (Å²) in [5, 5.41) is 3.19. The lowest BCUT2D eigenvalue weighted by Crippen LogP contribution is -2.29. The summed E-state index contributed by atoms with van der Waals surface area (Å²) in [6, 6.07) is 0. The average molecular weight is 274 g/mol. The molecule has 1 aromatic heterocycles. The van der Waals surface area contributed by atoms with Crippen LogP contribution in [0.3, 0.4) is 0 Å². The van der Waals surface area contributed by atoms with Crippen molar-refractivity contribution in [2.75, 3.05) is 12.3 Å². The zero-order valence-electron chi connectivity index (χ0n) is 9.54. The number of rotatable bonds is 3. The molecule has 1 saturated carbocycles. The quantitative estimate of drug-likeness (QED) is 0.890. The standard InChI is InChI=1S/C11H16ClN3OS/c12-8-9(17-15-10(8)13)11(16)14-6-7-4-2-1-3-5-7/h7H,1-6H2,(H2,13,15)(H,14,16). The van der Waals surface area contributed by atoms with E-state index in [2.05, 4.69) is 9.69 Å². The van der Waals surface area contributed by atoms with Crippen LogP contribution < -0.4 is 11.1 Å². The molecule has 3 N–H and O–H groups in total. The summed E-state index contributed by atoms with van der Waals surface area (Å²) in [4.78, 5) is 12.3. The fourth-order valence-electron chi connectivity index (χ4n) is 2.14. The van der Waals surface area contributed by atoms with Gasteiger partial charge in [-0.1, -0.05) is 30.9 Å². The van der Waals surface area contributed by atoms with Gasteiger partial charge in [-0.2, -0.15) is 4.37 Å². The first-order chi connectivity index (χ1) is 8.18. The molecule has 0 bridgehead atoms. The molecule has 0 unspecified atom stereocenters. The monoisotopic (exact) mass is 273 g/mol. The maximum absolute atomic E-state index is 11.8. The van der Waals surface area contributed by atoms with Crippen molar-refractivity contribution in [2.45, 2.75) is 32.1 Å². The molecule has 94 valence electrons. The highest BCUT2D eigenvalue weighted by Crippen LogP contribution is 2.27. The van der Waals surface area contributed by atoms with Crippen molar-refractivity contribution in [1.29, 1.82) is 0 Å². The summed E-state index contributed by atoms with van der Waals surface area (Å²) in [5.41, 5.74) is 5.50. The lowest BCUT2D eigenvalue weighted by atomic mass is 9.89. The van der Waals surface area contributed by atoms with Crippen molar-refractivity contribution in [1.82, 2.24) is 9.69 Å². The van der Waals surface area contributed by atoms with E-state index >= 15 is 0 Å². The molecule has 1 aliphatic carbocycles. The van der Waals surface area contributed by atoms with Crippen molar-refractivity contribution < 1.29 is 4.79 Å². The molecule has 0 aliphatic heterocycles. The number of nitrogens with one attached hydrogen (secondary N) is 1. The van der Waals surface area contributed by atoms with Crippen LogP contribution in [0.1, 0.15) is 41.8 Å². The molecule has 1 heterocycles. The van der Waals surface area contributed by atoms with Crippen molar-refractivity contribution in [3.8, 4) is 0 Å². The third kappa shape index (κ3) is 3.10. The van der Waals surface area contributed by atoms with Gasteiger partial charge in [-0.05, 0) is 30.3 Å². The van der Waals surface area contributed by atoms with Gasteiger partial charge in [0, 0.05) is 6.54 Å². The van der Waals surface area contributed by atoms with E-state index in [4.69, 9.17) is 17.3 Å². The molecule has 17 heavy (non-hydrogen) atoms. The fraction of sp³-hybridized carbons (Fsp3) is 0.636. The largest absolute Gasteiger partial charge is 0.382 e. The Labute approximate surface area is 110 Å². The van der Waals surface area contributed by atoms with E-state index in [-0.39, 0.29) is 16.7 Å². The molecular weight excluding hydrogens is 258 g/mol. The number of nitrogen functional groups attached to an aromatic ring is 1. The van der Waals surface area contributed by atoms with E-state index < -0.39 is 0 Å². The van der Waals surface area contributed by atoms with E-state index in [0.29, 0.717) is 10.8 Å². The number of nitrogens with two attached hydrogens (primary N) is 1. The number of anilines is 1. The maximum Gasteiger partial charge on any atom is 0.264 e. The molecule has 1 fully saturated rings. The molecule has 0 atom stereocenters. The second-order valence-corrected chi connectivity index (χ2v) is 5.58. The summed E-state index contributed by atoms with van der Waals surface area (Å²) in [6.07, 6.45) is 6.28. The first kappa shape index (κ1) is 12.6. The molecule has 1 amide bonds. The Kier molecular flexibility index (Phi) is 4.23. The van der Waals surface area contributed by atoms with Crippen LogP contribution in [0, 0.1) is 5.92 Å². The normalized spacial score (nSPS) is 17.0. The topological polar surface area (TPSA) is 68.0 Å². The number of hydrogen-bond donors (Lipinski definition) is 2. The Morgan fingerprint density at radius 3 is 2.76 bits per heavy atom. The van der Waals surface area contributed by atoms with Gasteiger partial charge in [-0.15, -0.1) is 0 Å². The Hall–Kier alpha value is -0.810. The average Bonchev–Trinajstić information content (AvgIpc) is 2.69. The Bertz CT molecular complexity index is 401. The van der Waals surface area contributed by atoms with Crippen LogP contribution in [0.2, 0.25) is 5.02 Å². The van der Waals surface area contributed by atoms with Crippen LogP contribution in [0.15, 0.2) is 0 Å². The summed E-state index contributed by atoms with van der Waals surface area (Å²) >= 11 is 6.94. The van der Waals surface area contributed by atoms with Gasteiger partial charge in [0.2, 0.25) is 0 Å². The smallest absolute Gasteiger partial charge is 0.264 e. The zero-order chi connectivity index (χ0) is 12.3. The van der Waals surface area contributed by atoms with E-state index in [9.17, 15) is 4.79 Å². The van der Waals surface area contributed by atoms with Crippen LogP contribution >= 0.6 is 23.1 Å². The Morgan fingerprint density at radius 2 is 2.18 bits per heavy atom. The predicted octanol–water partition coefficient (Wildman–Crippen LogP) is 2.69. The molecule has 0 spiro atoms. The predicted molar refractivity (Wildman–Crippen MR) is 70.4 cm³/mol. The van der Waals surface area contributed by atoms with E-state index in [1.165, 1.54) is 32.1 Å². The summed E-state index contributed by atoms with van der Waals surface area (Å²) in [7, 11) is 0. The van der Waals surface area contributed by atoms with Crippen LogP contribution in [-0.4, -0.2) is 16.8 Å². The van der Waals surface area contributed by atoms with Crippen molar-refractivity contribution in [3.63, 3.8) is 0 Å². The minimum absolute atomic E-state index is 0.158. The molecule has 1 aliphatic rings. The third-order valence-electron chi connectivity index (χ3n) is 3.14. The van der Waals surface area contributed by atoms with Crippen LogP contribution in [-0.2, 0) is 0 Å². The first-order valence-electron chi connectivity index (χ1n) is 5.87. The molecule has 2 rings (SSSR count). The van der Waals surface area contributed by atoms with Gasteiger partial charge in [0.1, 0.15) is 9.90 Å². The molecular formula is C11H16ClN3OS. The van der Waals surface area contributed by atoms with Crippen molar-refractivity contribution >= 4 is 34.9 Å². The summed E-state index contributed by atoms with van der Waals surface area (Å²) in [6.45, 7) is 0.729. The van der Waals surface area contributed by atoms with E-state index in [0.717, 1.165) is 18.1 Å². The zero-order valence-corrected chi connectivity index (χ0v) is 11.1. The van der Waals surface area contributed by atoms with E-state index in [1.54, 1.807) is 0 Å². The van der Waals surface area contributed by atoms with Gasteiger partial charge < -0.3 is 11.1 Å². The van der Waals surface area contributed by atoms with Crippen molar-refractivity contribution in [2.24, 2.45) is 5.92 Å². The SMILES string of the molecule is Nc1nsc(C(=O)NCC2CCCCC2)c1Cl. The highest BCUT2D eigenvalue weighted by Gasteiger charge is 2.19. The molecule has 4 nitrogen and oxygen atoms in total. The fourth-order valence-corrected chi connectivity index (χ4v) is 3.04. The molecule has 6 heteroatoms. The number of nitrogens with zero attached hydrogens (tertiary/aromatic N) is 1. The van der Waals surface area contributed by atoms with Gasteiger partial charge in [0.05, 0.1) is 0 Å². The van der Waals surface area contributed by atoms with Crippen LogP contribution in [0.25, 0.3) is 0 Å². The number of carbonyl (C=O) groups is 1. The van der Waals surface area contributed by atoms with Gasteiger partial charge in [0.15, 0.2) is 5.82 Å². The Balaban J connectivity index is 1.86. The highest BCUT2D eigenvalue weighted by molar-refractivity contribution is 7.09. The van der Waals surface area contributed by atoms with Gasteiger partial charge in [-0.25, -0.2) is 0 Å². The number of carbonyl (C=O) groups excluding carboxylic acids is 1. The Morgan fingerprint density at radius 1 is 1.47 bits per heavy atom. The number of hydrogen-bond acceptors (Lipinski definition) is 4. The van der Waals surface area contributed by atoms with Crippen LogP contribution in [0.4, 0.5) is 5.82 Å². The van der Waals surface area contributed by atoms with Gasteiger partial charge in [-0.3, -0.25) is 4.79 Å². The first-order valence-corrected chi connectivity index (χ1v) is 7.02. The molecule has 0 aromatic carbocycles. The molecule has 1 aromatic rings.